The van der Waals surface area contributed by atoms with E-state index < -0.39 is 0 Å². The van der Waals surface area contributed by atoms with Crippen LogP contribution < -0.4 is 14.8 Å². The molecular weight excluding hydrogens is 262 g/mol. The molecule has 0 aromatic heterocycles. The number of ether oxygens (including phenoxy) is 2. The maximum atomic E-state index is 6.35. The largest absolute Gasteiger partial charge is 0.493 e. The van der Waals surface area contributed by atoms with Crippen molar-refractivity contribution in [2.24, 2.45) is 5.41 Å². The van der Waals surface area contributed by atoms with Crippen LogP contribution in [-0.2, 0) is 6.54 Å². The van der Waals surface area contributed by atoms with E-state index in [4.69, 9.17) is 21.1 Å². The number of hydrogen-bond donors (Lipinski definition) is 1. The molecule has 1 aromatic carbocycles. The van der Waals surface area contributed by atoms with Gasteiger partial charge < -0.3 is 14.8 Å². The molecule has 0 amide bonds. The standard InChI is InChI=1S/C15H22ClNO2/c1-15(7-4-8-15)10-17-9-11-5-6-12(18-2)14(19-3)13(11)16/h5-6,17H,4,7-10H2,1-3H3. The van der Waals surface area contributed by atoms with Crippen molar-refractivity contribution in [1.29, 1.82) is 0 Å². The minimum absolute atomic E-state index is 0.475. The lowest BCUT2D eigenvalue weighted by molar-refractivity contribution is 0.156. The van der Waals surface area contributed by atoms with Crippen molar-refractivity contribution >= 4 is 11.6 Å². The van der Waals surface area contributed by atoms with Crippen LogP contribution in [0.3, 0.4) is 0 Å². The average molecular weight is 284 g/mol. The second-order valence-corrected chi connectivity index (χ2v) is 5.92. The first-order valence-corrected chi connectivity index (χ1v) is 7.07. The Morgan fingerprint density at radius 1 is 1.26 bits per heavy atom. The van der Waals surface area contributed by atoms with E-state index in [9.17, 15) is 0 Å². The zero-order valence-corrected chi connectivity index (χ0v) is 12.6. The molecule has 4 heteroatoms. The number of benzene rings is 1. The van der Waals surface area contributed by atoms with E-state index in [0.717, 1.165) is 18.7 Å². The molecule has 19 heavy (non-hydrogen) atoms. The maximum absolute atomic E-state index is 6.35. The van der Waals surface area contributed by atoms with Gasteiger partial charge in [0.15, 0.2) is 11.5 Å². The second-order valence-electron chi connectivity index (χ2n) is 5.54. The Balaban J connectivity index is 2.00. The molecule has 0 spiro atoms. The van der Waals surface area contributed by atoms with Gasteiger partial charge in [-0.3, -0.25) is 0 Å². The molecule has 0 atom stereocenters. The predicted molar refractivity (Wildman–Crippen MR) is 78.2 cm³/mol. The van der Waals surface area contributed by atoms with Gasteiger partial charge in [0.1, 0.15) is 0 Å². The fourth-order valence-corrected chi connectivity index (χ4v) is 2.82. The lowest BCUT2D eigenvalue weighted by Gasteiger charge is -2.38. The van der Waals surface area contributed by atoms with Gasteiger partial charge in [-0.1, -0.05) is 31.0 Å². The Morgan fingerprint density at radius 3 is 2.53 bits per heavy atom. The molecule has 1 aliphatic rings. The van der Waals surface area contributed by atoms with Crippen molar-refractivity contribution in [3.8, 4) is 11.5 Å². The van der Waals surface area contributed by atoms with Crippen molar-refractivity contribution in [2.75, 3.05) is 20.8 Å². The monoisotopic (exact) mass is 283 g/mol. The van der Waals surface area contributed by atoms with Gasteiger partial charge >= 0.3 is 0 Å². The minimum Gasteiger partial charge on any atom is -0.493 e. The summed E-state index contributed by atoms with van der Waals surface area (Å²) in [6, 6.07) is 3.88. The zero-order valence-electron chi connectivity index (χ0n) is 11.9. The SMILES string of the molecule is COc1ccc(CNCC2(C)CCC2)c(Cl)c1OC. The molecule has 1 N–H and O–H groups in total. The van der Waals surface area contributed by atoms with Crippen molar-refractivity contribution in [2.45, 2.75) is 32.7 Å². The van der Waals surface area contributed by atoms with Gasteiger partial charge in [0.25, 0.3) is 0 Å². The van der Waals surface area contributed by atoms with Crippen LogP contribution in [-0.4, -0.2) is 20.8 Å². The van der Waals surface area contributed by atoms with Crippen LogP contribution in [0.4, 0.5) is 0 Å². The Hall–Kier alpha value is -0.930. The summed E-state index contributed by atoms with van der Waals surface area (Å²) in [7, 11) is 3.22. The van der Waals surface area contributed by atoms with Crippen LogP contribution in [0.15, 0.2) is 12.1 Å². The molecule has 1 fully saturated rings. The van der Waals surface area contributed by atoms with Crippen LogP contribution in [0.5, 0.6) is 11.5 Å². The average Bonchev–Trinajstić information content (AvgIpc) is 2.38. The Bertz CT molecular complexity index is 444. The van der Waals surface area contributed by atoms with Crippen molar-refractivity contribution < 1.29 is 9.47 Å². The highest BCUT2D eigenvalue weighted by Gasteiger charge is 2.31. The fraction of sp³-hybridized carbons (Fsp3) is 0.600. The highest BCUT2D eigenvalue weighted by atomic mass is 35.5. The molecule has 0 radical (unpaired) electrons. The van der Waals surface area contributed by atoms with Crippen LogP contribution in [0.25, 0.3) is 0 Å². The summed E-state index contributed by atoms with van der Waals surface area (Å²) >= 11 is 6.35. The normalized spacial score (nSPS) is 16.8. The van der Waals surface area contributed by atoms with E-state index in [2.05, 4.69) is 12.2 Å². The molecule has 0 aliphatic heterocycles. The quantitative estimate of drug-likeness (QED) is 0.865. The molecule has 3 nitrogen and oxygen atoms in total. The summed E-state index contributed by atoms with van der Waals surface area (Å²) in [5.74, 6) is 1.28. The molecule has 0 saturated heterocycles. The van der Waals surface area contributed by atoms with E-state index in [1.165, 1.54) is 19.3 Å². The predicted octanol–water partition coefficient (Wildman–Crippen LogP) is 3.64. The molecular formula is C15H22ClNO2. The van der Waals surface area contributed by atoms with Gasteiger partial charge in [-0.15, -0.1) is 0 Å². The summed E-state index contributed by atoms with van der Waals surface area (Å²) < 4.78 is 10.5. The van der Waals surface area contributed by atoms with E-state index in [0.29, 0.717) is 21.9 Å². The zero-order chi connectivity index (χ0) is 13.9. The minimum atomic E-state index is 0.475. The first-order valence-electron chi connectivity index (χ1n) is 6.70. The van der Waals surface area contributed by atoms with Gasteiger partial charge in [-0.25, -0.2) is 0 Å². The first kappa shape index (κ1) is 14.5. The molecule has 1 saturated carbocycles. The molecule has 106 valence electrons. The Labute approximate surface area is 120 Å². The van der Waals surface area contributed by atoms with Crippen molar-refractivity contribution in [1.82, 2.24) is 5.32 Å². The third-order valence-corrected chi connectivity index (χ3v) is 4.41. The molecule has 0 bridgehead atoms. The summed E-state index contributed by atoms with van der Waals surface area (Å²) in [6.45, 7) is 4.13. The lowest BCUT2D eigenvalue weighted by Crippen LogP contribution is -2.37. The van der Waals surface area contributed by atoms with Crippen LogP contribution in [0, 0.1) is 5.41 Å². The summed E-state index contributed by atoms with van der Waals surface area (Å²) in [5, 5.41) is 4.13. The molecule has 0 unspecified atom stereocenters. The summed E-state index contributed by atoms with van der Waals surface area (Å²) in [5.41, 5.74) is 1.52. The number of methoxy groups -OCH3 is 2. The number of halogens is 1. The molecule has 1 aliphatic carbocycles. The van der Waals surface area contributed by atoms with E-state index >= 15 is 0 Å². The maximum Gasteiger partial charge on any atom is 0.179 e. The Kier molecular flexibility index (Phi) is 4.58. The fourth-order valence-electron chi connectivity index (χ4n) is 2.52. The summed E-state index contributed by atoms with van der Waals surface area (Å²) in [6.07, 6.45) is 3.99. The molecule has 1 aromatic rings. The van der Waals surface area contributed by atoms with Gasteiger partial charge in [0.05, 0.1) is 19.2 Å². The smallest absolute Gasteiger partial charge is 0.179 e. The van der Waals surface area contributed by atoms with Gasteiger partial charge in [0.2, 0.25) is 0 Å². The topological polar surface area (TPSA) is 30.5 Å². The number of rotatable bonds is 6. The third-order valence-electron chi connectivity index (χ3n) is 3.99. The van der Waals surface area contributed by atoms with E-state index in [-0.39, 0.29) is 0 Å². The van der Waals surface area contributed by atoms with Gasteiger partial charge in [-0.05, 0) is 29.9 Å². The van der Waals surface area contributed by atoms with Gasteiger partial charge in [-0.2, -0.15) is 0 Å². The van der Waals surface area contributed by atoms with Crippen molar-refractivity contribution in [3.63, 3.8) is 0 Å². The number of nitrogens with one attached hydrogen (secondary N) is 1. The highest BCUT2D eigenvalue weighted by Crippen LogP contribution is 2.40. The van der Waals surface area contributed by atoms with Crippen molar-refractivity contribution in [3.05, 3.63) is 22.7 Å². The third kappa shape index (κ3) is 3.15. The van der Waals surface area contributed by atoms with E-state index in [1.807, 2.05) is 12.1 Å². The highest BCUT2D eigenvalue weighted by molar-refractivity contribution is 6.33. The van der Waals surface area contributed by atoms with Gasteiger partial charge in [0, 0.05) is 13.1 Å². The Morgan fingerprint density at radius 2 is 2.00 bits per heavy atom. The number of hydrogen-bond acceptors (Lipinski definition) is 3. The lowest BCUT2D eigenvalue weighted by atomic mass is 9.70. The van der Waals surface area contributed by atoms with Crippen LogP contribution >= 0.6 is 11.6 Å². The molecule has 2 rings (SSSR count). The van der Waals surface area contributed by atoms with Crippen LogP contribution in [0.2, 0.25) is 5.02 Å². The van der Waals surface area contributed by atoms with Crippen LogP contribution in [0.1, 0.15) is 31.7 Å². The summed E-state index contributed by atoms with van der Waals surface area (Å²) in [4.78, 5) is 0. The molecule has 0 heterocycles. The second kappa shape index (κ2) is 6.02. The first-order chi connectivity index (χ1) is 9.09. The van der Waals surface area contributed by atoms with E-state index in [1.54, 1.807) is 14.2 Å².